The zero-order valence-electron chi connectivity index (χ0n) is 24.6. The molecule has 0 aromatic heterocycles. The van der Waals surface area contributed by atoms with Crippen LogP contribution in [0.2, 0.25) is 0 Å². The number of ketones is 1. The van der Waals surface area contributed by atoms with Gasteiger partial charge in [0.2, 0.25) is 0 Å². The summed E-state index contributed by atoms with van der Waals surface area (Å²) in [5.41, 5.74) is 3.37. The molecule has 0 bridgehead atoms. The molecular formula is C34H37NO6. The Morgan fingerprint density at radius 3 is 2.24 bits per heavy atom. The number of ether oxygens (including phenoxy) is 2. The number of nitrogens with zero attached hydrogens (tertiary/aromatic N) is 1. The van der Waals surface area contributed by atoms with Crippen LogP contribution < -0.4 is 9.64 Å². The molecule has 7 heteroatoms. The Bertz CT molecular complexity index is 1510. The van der Waals surface area contributed by atoms with Crippen molar-refractivity contribution in [1.29, 1.82) is 0 Å². The minimum absolute atomic E-state index is 0.0303. The average Bonchev–Trinajstić information content (AvgIpc) is 3.21. The normalized spacial score (nSPS) is 16.8. The van der Waals surface area contributed by atoms with Gasteiger partial charge in [-0.1, -0.05) is 65.0 Å². The summed E-state index contributed by atoms with van der Waals surface area (Å²) >= 11 is 0. The fourth-order valence-corrected chi connectivity index (χ4v) is 4.85. The predicted octanol–water partition coefficient (Wildman–Crippen LogP) is 6.74. The van der Waals surface area contributed by atoms with Gasteiger partial charge in [0.15, 0.2) is 0 Å². The Morgan fingerprint density at radius 2 is 1.66 bits per heavy atom. The van der Waals surface area contributed by atoms with Gasteiger partial charge in [0.25, 0.3) is 11.7 Å². The number of aryl methyl sites for hydroxylation is 1. The van der Waals surface area contributed by atoms with E-state index in [1.807, 2.05) is 31.2 Å². The number of aliphatic hydroxyl groups excluding tert-OH is 1. The molecule has 41 heavy (non-hydrogen) atoms. The van der Waals surface area contributed by atoms with E-state index in [1.54, 1.807) is 36.4 Å². The molecule has 3 aromatic rings. The Morgan fingerprint density at radius 1 is 0.976 bits per heavy atom. The summed E-state index contributed by atoms with van der Waals surface area (Å²) < 4.78 is 10.7. The molecule has 3 aromatic carbocycles. The zero-order chi connectivity index (χ0) is 30.1. The van der Waals surface area contributed by atoms with E-state index < -0.39 is 23.7 Å². The quantitative estimate of drug-likeness (QED) is 0.150. The molecule has 1 unspecified atom stereocenters. The number of carbonyl (C=O) groups excluding carboxylic acids is 3. The standard InChI is InChI=1S/C34H37NO6/c1-20(2)19-41-27-16-13-23(17-21(27)3)30(36)28-29(22-11-14-25(15-12-22)34(4,5)6)35(32(38)31(28)37)26-10-8-9-24(18-26)33(39)40-7/h8-18,20,29,36H,19H2,1-7H3/b30-28+. The van der Waals surface area contributed by atoms with Gasteiger partial charge in [0.1, 0.15) is 11.5 Å². The van der Waals surface area contributed by atoms with Crippen LogP contribution in [0.25, 0.3) is 5.76 Å². The number of aliphatic hydroxyl groups is 1. The monoisotopic (exact) mass is 555 g/mol. The van der Waals surface area contributed by atoms with Gasteiger partial charge in [-0.25, -0.2) is 4.79 Å². The molecule has 1 saturated heterocycles. The maximum Gasteiger partial charge on any atom is 0.337 e. The van der Waals surface area contributed by atoms with Gasteiger partial charge < -0.3 is 14.6 Å². The van der Waals surface area contributed by atoms with Crippen LogP contribution in [0.4, 0.5) is 5.69 Å². The first-order chi connectivity index (χ1) is 19.3. The van der Waals surface area contributed by atoms with E-state index in [2.05, 4.69) is 34.6 Å². The molecule has 0 saturated carbocycles. The highest BCUT2D eigenvalue weighted by Gasteiger charge is 2.47. The van der Waals surface area contributed by atoms with Crippen molar-refractivity contribution in [3.8, 4) is 5.75 Å². The molecule has 1 fully saturated rings. The summed E-state index contributed by atoms with van der Waals surface area (Å²) in [6.07, 6.45) is 0. The molecule has 4 rings (SSSR count). The van der Waals surface area contributed by atoms with E-state index in [9.17, 15) is 19.5 Å². The molecular weight excluding hydrogens is 518 g/mol. The Labute approximate surface area is 241 Å². The van der Waals surface area contributed by atoms with Crippen molar-refractivity contribution in [2.75, 3.05) is 18.6 Å². The fraction of sp³-hybridized carbons (Fsp3) is 0.324. The molecule has 1 heterocycles. The number of hydrogen-bond donors (Lipinski definition) is 1. The lowest BCUT2D eigenvalue weighted by Crippen LogP contribution is -2.29. The number of Topliss-reactive ketones (excluding diaryl/α,β-unsaturated/α-hetero) is 1. The molecule has 7 nitrogen and oxygen atoms in total. The van der Waals surface area contributed by atoms with Crippen molar-refractivity contribution in [1.82, 2.24) is 0 Å². The first-order valence-electron chi connectivity index (χ1n) is 13.7. The van der Waals surface area contributed by atoms with Crippen molar-refractivity contribution in [3.05, 3.63) is 100 Å². The summed E-state index contributed by atoms with van der Waals surface area (Å²) in [6.45, 7) is 12.8. The lowest BCUT2D eigenvalue weighted by Gasteiger charge is -2.27. The highest BCUT2D eigenvalue weighted by molar-refractivity contribution is 6.51. The van der Waals surface area contributed by atoms with Gasteiger partial charge in [0.05, 0.1) is 30.9 Å². The number of benzene rings is 3. The Balaban J connectivity index is 1.88. The number of methoxy groups -OCH3 is 1. The molecule has 214 valence electrons. The van der Waals surface area contributed by atoms with Crippen LogP contribution in [-0.2, 0) is 19.7 Å². The van der Waals surface area contributed by atoms with Gasteiger partial charge >= 0.3 is 5.97 Å². The number of esters is 1. The first-order valence-corrected chi connectivity index (χ1v) is 13.7. The van der Waals surface area contributed by atoms with Crippen molar-refractivity contribution in [3.63, 3.8) is 0 Å². The molecule has 1 aliphatic heterocycles. The van der Waals surface area contributed by atoms with Crippen molar-refractivity contribution < 1.29 is 29.0 Å². The maximum absolute atomic E-state index is 13.6. The largest absolute Gasteiger partial charge is 0.507 e. The molecule has 1 aliphatic rings. The van der Waals surface area contributed by atoms with Gasteiger partial charge in [-0.2, -0.15) is 0 Å². The van der Waals surface area contributed by atoms with Crippen molar-refractivity contribution in [2.24, 2.45) is 5.92 Å². The maximum atomic E-state index is 13.6. The van der Waals surface area contributed by atoms with Crippen LogP contribution in [0.1, 0.15) is 73.3 Å². The van der Waals surface area contributed by atoms with E-state index in [0.717, 1.165) is 11.1 Å². The van der Waals surface area contributed by atoms with Crippen LogP contribution in [0.15, 0.2) is 72.3 Å². The molecule has 1 amide bonds. The van der Waals surface area contributed by atoms with Crippen LogP contribution >= 0.6 is 0 Å². The number of carbonyl (C=O) groups is 3. The van der Waals surface area contributed by atoms with Crippen molar-refractivity contribution in [2.45, 2.75) is 53.0 Å². The van der Waals surface area contributed by atoms with Crippen LogP contribution in [-0.4, -0.2) is 36.5 Å². The summed E-state index contributed by atoms with van der Waals surface area (Å²) in [5, 5.41) is 11.6. The summed E-state index contributed by atoms with van der Waals surface area (Å²) in [5.74, 6) is -1.42. The predicted molar refractivity (Wildman–Crippen MR) is 159 cm³/mol. The smallest absolute Gasteiger partial charge is 0.337 e. The van der Waals surface area contributed by atoms with E-state index in [4.69, 9.17) is 9.47 Å². The molecule has 0 radical (unpaired) electrons. The van der Waals surface area contributed by atoms with Crippen LogP contribution in [0.3, 0.4) is 0 Å². The van der Waals surface area contributed by atoms with Gasteiger partial charge in [-0.3, -0.25) is 14.5 Å². The SMILES string of the molecule is COC(=O)c1cccc(N2C(=O)C(=O)/C(=C(/O)c3ccc(OCC(C)C)c(C)c3)C2c2ccc(C(C)(C)C)cc2)c1. The van der Waals surface area contributed by atoms with Gasteiger partial charge in [-0.15, -0.1) is 0 Å². The zero-order valence-corrected chi connectivity index (χ0v) is 24.6. The molecule has 0 spiro atoms. The van der Waals surface area contributed by atoms with Crippen LogP contribution in [0, 0.1) is 12.8 Å². The summed E-state index contributed by atoms with van der Waals surface area (Å²) in [6, 6.07) is 18.3. The summed E-state index contributed by atoms with van der Waals surface area (Å²) in [4.78, 5) is 40.8. The highest BCUT2D eigenvalue weighted by Crippen LogP contribution is 2.43. The lowest BCUT2D eigenvalue weighted by molar-refractivity contribution is -0.132. The number of anilines is 1. The van der Waals surface area contributed by atoms with Crippen LogP contribution in [0.5, 0.6) is 5.75 Å². The fourth-order valence-electron chi connectivity index (χ4n) is 4.85. The molecule has 0 aliphatic carbocycles. The second-order valence-corrected chi connectivity index (χ2v) is 11.8. The van der Waals surface area contributed by atoms with Gasteiger partial charge in [-0.05, 0) is 71.3 Å². The van der Waals surface area contributed by atoms with Gasteiger partial charge in [0, 0.05) is 11.3 Å². The molecule has 1 N–H and O–H groups in total. The van der Waals surface area contributed by atoms with E-state index >= 15 is 0 Å². The highest BCUT2D eigenvalue weighted by atomic mass is 16.5. The Kier molecular flexibility index (Phi) is 8.38. The third kappa shape index (κ3) is 6.04. The Hall–Kier alpha value is -4.39. The van der Waals surface area contributed by atoms with E-state index in [0.29, 0.717) is 35.1 Å². The lowest BCUT2D eigenvalue weighted by atomic mass is 9.85. The van der Waals surface area contributed by atoms with E-state index in [-0.39, 0.29) is 22.3 Å². The molecule has 1 atom stereocenters. The average molecular weight is 556 g/mol. The second-order valence-electron chi connectivity index (χ2n) is 11.8. The second kappa shape index (κ2) is 11.6. The first kappa shape index (κ1) is 29.6. The van der Waals surface area contributed by atoms with Crippen molar-refractivity contribution >= 4 is 29.1 Å². The topological polar surface area (TPSA) is 93.1 Å². The number of hydrogen-bond acceptors (Lipinski definition) is 6. The summed E-state index contributed by atoms with van der Waals surface area (Å²) in [7, 11) is 1.28. The third-order valence-corrected chi connectivity index (χ3v) is 7.10. The van der Waals surface area contributed by atoms with E-state index in [1.165, 1.54) is 18.1 Å². The minimum Gasteiger partial charge on any atom is -0.507 e. The third-order valence-electron chi connectivity index (χ3n) is 7.10. The number of rotatable bonds is 7. The minimum atomic E-state index is -0.922. The number of amides is 1.